The highest BCUT2D eigenvalue weighted by atomic mass is 79.9. The van der Waals surface area contributed by atoms with Gasteiger partial charge in [0.2, 0.25) is 0 Å². The van der Waals surface area contributed by atoms with E-state index in [9.17, 15) is 0 Å². The molecule has 2 aromatic rings. The van der Waals surface area contributed by atoms with Gasteiger partial charge in [-0.3, -0.25) is 4.57 Å². The molecule has 2 aromatic heterocycles. The minimum Gasteiger partial charge on any atom is -0.382 e. The second-order valence-corrected chi connectivity index (χ2v) is 7.06. The number of ether oxygens (including phenoxy) is 3. The fraction of sp³-hybridized carbons (Fsp3) is 0.500. The fourth-order valence-electron chi connectivity index (χ4n) is 3.11. The molecule has 9 heteroatoms. The summed E-state index contributed by atoms with van der Waals surface area (Å²) >= 11 is 3.40. The van der Waals surface area contributed by atoms with E-state index in [0.29, 0.717) is 21.5 Å². The fourth-order valence-corrected chi connectivity index (χ4v) is 3.48. The lowest BCUT2D eigenvalue weighted by Crippen LogP contribution is -2.29. The minimum atomic E-state index is -0.692. The molecular formula is C14H16BrN5O3. The Morgan fingerprint density at radius 2 is 2.04 bits per heavy atom. The molecule has 0 saturated carbocycles. The zero-order valence-electron chi connectivity index (χ0n) is 12.6. The summed E-state index contributed by atoms with van der Waals surface area (Å²) in [5.74, 6) is -0.365. The number of halogens is 1. The summed E-state index contributed by atoms with van der Waals surface area (Å²) in [5, 5.41) is 0. The molecule has 2 N–H and O–H groups in total. The summed E-state index contributed by atoms with van der Waals surface area (Å²) in [5.41, 5.74) is 6.98. The van der Waals surface area contributed by atoms with Crippen LogP contribution in [0.15, 0.2) is 23.7 Å². The summed E-state index contributed by atoms with van der Waals surface area (Å²) in [6.45, 7) is 7.68. The summed E-state index contributed by atoms with van der Waals surface area (Å²) < 4.78 is 20.6. The van der Waals surface area contributed by atoms with Gasteiger partial charge in [0.1, 0.15) is 30.2 Å². The number of anilines is 1. The number of nitrogens with two attached hydrogens (primary N) is 1. The van der Waals surface area contributed by atoms with Crippen LogP contribution in [0, 0.1) is 0 Å². The van der Waals surface area contributed by atoms with Gasteiger partial charge in [0.15, 0.2) is 23.5 Å². The lowest BCUT2D eigenvalue weighted by molar-refractivity contribution is -0.191. The third-order valence-corrected chi connectivity index (χ3v) is 4.45. The molecule has 0 spiro atoms. The van der Waals surface area contributed by atoms with E-state index in [2.05, 4.69) is 37.5 Å². The largest absolute Gasteiger partial charge is 0.382 e. The second kappa shape index (κ2) is 4.97. The monoisotopic (exact) mass is 381 g/mol. The zero-order chi connectivity index (χ0) is 16.4. The molecule has 4 heterocycles. The topological polar surface area (TPSA) is 97.3 Å². The Morgan fingerprint density at radius 3 is 2.78 bits per heavy atom. The van der Waals surface area contributed by atoms with Crippen molar-refractivity contribution in [1.82, 2.24) is 19.5 Å². The first-order valence-corrected chi connectivity index (χ1v) is 7.95. The van der Waals surface area contributed by atoms with Crippen LogP contribution in [-0.4, -0.2) is 43.6 Å². The molecule has 0 amide bonds. The van der Waals surface area contributed by atoms with Gasteiger partial charge < -0.3 is 19.9 Å². The van der Waals surface area contributed by atoms with Crippen LogP contribution in [0.5, 0.6) is 0 Å². The molecule has 2 aliphatic heterocycles. The van der Waals surface area contributed by atoms with Crippen molar-refractivity contribution >= 4 is 32.9 Å². The number of hydrogen-bond acceptors (Lipinski definition) is 7. The Morgan fingerprint density at radius 1 is 1.30 bits per heavy atom. The lowest BCUT2D eigenvalue weighted by atomic mass is 10.1. The number of fused-ring (bicyclic) bond motifs is 2. The second-order valence-electron chi connectivity index (χ2n) is 6.04. The average Bonchev–Trinajstić information content (AvgIpc) is 3.09. The Bertz CT molecular complexity index is 792. The van der Waals surface area contributed by atoms with Crippen molar-refractivity contribution in [2.75, 3.05) is 5.73 Å². The van der Waals surface area contributed by atoms with Crippen LogP contribution in [0.4, 0.5) is 5.82 Å². The average molecular weight is 382 g/mol. The predicted octanol–water partition coefficient (Wildman–Crippen LogP) is 1.73. The van der Waals surface area contributed by atoms with Crippen molar-refractivity contribution in [1.29, 1.82) is 0 Å². The highest BCUT2D eigenvalue weighted by Crippen LogP contribution is 2.46. The van der Waals surface area contributed by atoms with Crippen molar-refractivity contribution in [3.63, 3.8) is 0 Å². The van der Waals surface area contributed by atoms with E-state index < -0.39 is 12.0 Å². The van der Waals surface area contributed by atoms with Gasteiger partial charge in [-0.25, -0.2) is 15.0 Å². The van der Waals surface area contributed by atoms with Crippen LogP contribution in [-0.2, 0) is 14.2 Å². The molecule has 8 nitrogen and oxygen atoms in total. The van der Waals surface area contributed by atoms with Crippen LogP contribution in [0.2, 0.25) is 0 Å². The number of rotatable bonds is 2. The standard InChI is InChI=1S/C14H16BrN5O3/c1-6(15)8-9-10(23-14(2,3)22-9)13(21-8)20-5-19-7-11(16)17-4-18-12(7)20/h4-5,8-10,13H,1H2,2-3H3,(H2,16,17,18)/t8-,9-,10-,13-/m1/s1. The predicted molar refractivity (Wildman–Crippen MR) is 85.5 cm³/mol. The molecular weight excluding hydrogens is 366 g/mol. The van der Waals surface area contributed by atoms with E-state index in [1.54, 1.807) is 10.9 Å². The number of imidazole rings is 1. The summed E-state index contributed by atoms with van der Waals surface area (Å²) in [4.78, 5) is 12.5. The van der Waals surface area contributed by atoms with Crippen LogP contribution in [0.1, 0.15) is 20.1 Å². The maximum absolute atomic E-state index is 6.10. The van der Waals surface area contributed by atoms with E-state index in [-0.39, 0.29) is 18.3 Å². The Hall–Kier alpha value is -1.55. The van der Waals surface area contributed by atoms with Gasteiger partial charge in [0, 0.05) is 4.48 Å². The third-order valence-electron chi connectivity index (χ3n) is 4.00. The highest BCUT2D eigenvalue weighted by Gasteiger charge is 2.56. The molecule has 2 fully saturated rings. The van der Waals surface area contributed by atoms with Crippen molar-refractivity contribution in [3.05, 3.63) is 23.7 Å². The zero-order valence-corrected chi connectivity index (χ0v) is 14.2. The van der Waals surface area contributed by atoms with Crippen LogP contribution in [0.25, 0.3) is 11.2 Å². The first kappa shape index (κ1) is 15.0. The van der Waals surface area contributed by atoms with Gasteiger partial charge in [0.05, 0.1) is 6.33 Å². The molecule has 4 atom stereocenters. The summed E-state index contributed by atoms with van der Waals surface area (Å²) in [6.07, 6.45) is 1.69. The number of aromatic nitrogens is 4. The third kappa shape index (κ3) is 2.26. The SMILES string of the molecule is C=C(Br)[C@H]1O[C@@H](n2cnc3c(N)ncnc32)[C@@H]2OC(C)(C)O[C@@H]21. The van der Waals surface area contributed by atoms with Gasteiger partial charge in [-0.2, -0.15) is 0 Å². The van der Waals surface area contributed by atoms with Crippen LogP contribution in [0.3, 0.4) is 0 Å². The molecule has 4 rings (SSSR count). The quantitative estimate of drug-likeness (QED) is 0.845. The molecule has 2 aliphatic rings. The molecule has 0 aromatic carbocycles. The molecule has 0 aliphatic carbocycles. The summed E-state index contributed by atoms with van der Waals surface area (Å²) in [7, 11) is 0. The van der Waals surface area contributed by atoms with Gasteiger partial charge in [-0.1, -0.05) is 22.5 Å². The maximum atomic E-state index is 6.10. The van der Waals surface area contributed by atoms with E-state index in [4.69, 9.17) is 19.9 Å². The van der Waals surface area contributed by atoms with Crippen LogP contribution >= 0.6 is 15.9 Å². The number of nitrogen functional groups attached to an aromatic ring is 1. The number of nitrogens with zero attached hydrogens (tertiary/aromatic N) is 4. The number of hydrogen-bond donors (Lipinski definition) is 1. The highest BCUT2D eigenvalue weighted by molar-refractivity contribution is 9.11. The van der Waals surface area contributed by atoms with Crippen molar-refractivity contribution in [2.45, 2.75) is 44.2 Å². The Labute approximate surface area is 140 Å². The molecule has 122 valence electrons. The van der Waals surface area contributed by atoms with Gasteiger partial charge >= 0.3 is 0 Å². The van der Waals surface area contributed by atoms with Gasteiger partial charge in [0.25, 0.3) is 0 Å². The molecule has 0 bridgehead atoms. The van der Waals surface area contributed by atoms with E-state index in [1.807, 2.05) is 13.8 Å². The molecule has 0 radical (unpaired) electrons. The van der Waals surface area contributed by atoms with E-state index in [0.717, 1.165) is 0 Å². The first-order valence-electron chi connectivity index (χ1n) is 7.16. The van der Waals surface area contributed by atoms with Crippen LogP contribution < -0.4 is 5.73 Å². The smallest absolute Gasteiger partial charge is 0.167 e. The van der Waals surface area contributed by atoms with E-state index in [1.165, 1.54) is 6.33 Å². The van der Waals surface area contributed by atoms with Crippen molar-refractivity contribution in [2.24, 2.45) is 0 Å². The first-order chi connectivity index (χ1) is 10.9. The normalized spacial score (nSPS) is 32.3. The molecule has 2 saturated heterocycles. The summed E-state index contributed by atoms with van der Waals surface area (Å²) in [6, 6.07) is 0. The Balaban J connectivity index is 1.78. The maximum Gasteiger partial charge on any atom is 0.167 e. The van der Waals surface area contributed by atoms with Crippen molar-refractivity contribution in [3.8, 4) is 0 Å². The molecule has 0 unspecified atom stereocenters. The van der Waals surface area contributed by atoms with E-state index >= 15 is 0 Å². The van der Waals surface area contributed by atoms with Gasteiger partial charge in [-0.05, 0) is 13.8 Å². The molecule has 23 heavy (non-hydrogen) atoms. The minimum absolute atomic E-state index is 0.265. The lowest BCUT2D eigenvalue weighted by Gasteiger charge is -2.24. The Kier molecular flexibility index (Phi) is 3.24. The van der Waals surface area contributed by atoms with Crippen molar-refractivity contribution < 1.29 is 14.2 Å². The van der Waals surface area contributed by atoms with Gasteiger partial charge in [-0.15, -0.1) is 0 Å².